The highest BCUT2D eigenvalue weighted by Crippen LogP contribution is 2.37. The van der Waals surface area contributed by atoms with E-state index in [1.54, 1.807) is 24.3 Å². The maximum Gasteiger partial charge on any atom is 0.217 e. The van der Waals surface area contributed by atoms with Crippen LogP contribution in [0, 0.1) is 0 Å². The van der Waals surface area contributed by atoms with Gasteiger partial charge in [0, 0.05) is 10.4 Å². The number of benzene rings is 1. The van der Waals surface area contributed by atoms with Gasteiger partial charge in [-0.05, 0) is 37.1 Å². The number of carbonyl (C=O) groups excluding carboxylic acids is 1. The van der Waals surface area contributed by atoms with E-state index in [1.807, 2.05) is 0 Å². The fourth-order valence-corrected chi connectivity index (χ4v) is 1.91. The first kappa shape index (κ1) is 9.87. The zero-order valence-electron chi connectivity index (χ0n) is 8.50. The standard InChI is InChI=1S/C12H10ClNO2/c13-8-1-2-9-7(5-8)6-10(16-9)11(15)12(14)3-4-12/h1-2,5-6H,3-4,14H2. The summed E-state index contributed by atoms with van der Waals surface area (Å²) >= 11 is 5.86. The SMILES string of the molecule is NC1(C(=O)c2cc3cc(Cl)ccc3o2)CC1. The predicted octanol–water partition coefficient (Wildman–Crippen LogP) is 2.76. The molecule has 3 rings (SSSR count). The van der Waals surface area contributed by atoms with E-state index in [2.05, 4.69) is 0 Å². The molecule has 1 aliphatic rings. The number of ketones is 1. The Labute approximate surface area is 97.2 Å². The molecule has 1 aromatic carbocycles. The number of fused-ring (bicyclic) bond motifs is 1. The fourth-order valence-electron chi connectivity index (χ4n) is 1.73. The molecule has 0 radical (unpaired) electrons. The van der Waals surface area contributed by atoms with Crippen molar-refractivity contribution in [2.45, 2.75) is 18.4 Å². The Morgan fingerprint density at radius 1 is 1.38 bits per heavy atom. The fraction of sp³-hybridized carbons (Fsp3) is 0.250. The van der Waals surface area contributed by atoms with Crippen LogP contribution in [0.3, 0.4) is 0 Å². The molecule has 82 valence electrons. The van der Waals surface area contributed by atoms with Crippen LogP contribution in [0.4, 0.5) is 0 Å². The molecular formula is C12H10ClNO2. The second kappa shape index (κ2) is 3.09. The molecule has 0 unspecified atom stereocenters. The maximum absolute atomic E-state index is 11.9. The molecule has 4 heteroatoms. The smallest absolute Gasteiger partial charge is 0.217 e. The summed E-state index contributed by atoms with van der Waals surface area (Å²) in [4.78, 5) is 11.9. The number of nitrogens with two attached hydrogens (primary N) is 1. The summed E-state index contributed by atoms with van der Waals surface area (Å²) in [6, 6.07) is 6.96. The van der Waals surface area contributed by atoms with Crippen molar-refractivity contribution in [3.8, 4) is 0 Å². The van der Waals surface area contributed by atoms with Crippen molar-refractivity contribution in [2.75, 3.05) is 0 Å². The molecule has 0 saturated heterocycles. The Bertz CT molecular complexity index is 584. The molecule has 1 fully saturated rings. The van der Waals surface area contributed by atoms with Crippen molar-refractivity contribution in [3.63, 3.8) is 0 Å². The largest absolute Gasteiger partial charge is 0.453 e. The van der Waals surface area contributed by atoms with Gasteiger partial charge in [-0.15, -0.1) is 0 Å². The lowest BCUT2D eigenvalue weighted by atomic mass is 10.1. The van der Waals surface area contributed by atoms with E-state index in [9.17, 15) is 4.79 Å². The van der Waals surface area contributed by atoms with Crippen LogP contribution in [0.1, 0.15) is 23.4 Å². The van der Waals surface area contributed by atoms with Crippen molar-refractivity contribution >= 4 is 28.4 Å². The van der Waals surface area contributed by atoms with Gasteiger partial charge in [-0.25, -0.2) is 0 Å². The van der Waals surface area contributed by atoms with E-state index in [-0.39, 0.29) is 5.78 Å². The Hall–Kier alpha value is -1.32. The van der Waals surface area contributed by atoms with Crippen molar-refractivity contribution < 1.29 is 9.21 Å². The zero-order valence-corrected chi connectivity index (χ0v) is 9.25. The van der Waals surface area contributed by atoms with Gasteiger partial charge in [-0.3, -0.25) is 4.79 Å². The van der Waals surface area contributed by atoms with Gasteiger partial charge in [-0.2, -0.15) is 0 Å². The molecule has 3 nitrogen and oxygen atoms in total. The second-order valence-electron chi connectivity index (χ2n) is 4.28. The minimum Gasteiger partial charge on any atom is -0.453 e. The average molecular weight is 236 g/mol. The summed E-state index contributed by atoms with van der Waals surface area (Å²) in [5, 5.41) is 1.46. The van der Waals surface area contributed by atoms with Crippen LogP contribution >= 0.6 is 11.6 Å². The zero-order chi connectivity index (χ0) is 11.3. The van der Waals surface area contributed by atoms with E-state index in [0.717, 1.165) is 18.2 Å². The molecule has 0 spiro atoms. The molecule has 0 bridgehead atoms. The third kappa shape index (κ3) is 1.44. The van der Waals surface area contributed by atoms with Crippen molar-refractivity contribution in [2.24, 2.45) is 5.73 Å². The lowest BCUT2D eigenvalue weighted by Crippen LogP contribution is -2.32. The first-order chi connectivity index (χ1) is 7.58. The molecule has 1 aliphatic carbocycles. The number of rotatable bonds is 2. The molecule has 0 atom stereocenters. The molecule has 16 heavy (non-hydrogen) atoms. The normalized spacial score (nSPS) is 17.6. The first-order valence-corrected chi connectivity index (χ1v) is 5.49. The van der Waals surface area contributed by atoms with Gasteiger partial charge in [0.1, 0.15) is 5.58 Å². The van der Waals surface area contributed by atoms with Crippen LogP contribution in [0.15, 0.2) is 28.7 Å². The van der Waals surface area contributed by atoms with Crippen molar-refractivity contribution in [3.05, 3.63) is 35.0 Å². The monoisotopic (exact) mass is 235 g/mol. The second-order valence-corrected chi connectivity index (χ2v) is 4.71. The van der Waals surface area contributed by atoms with Gasteiger partial charge in [0.05, 0.1) is 5.54 Å². The van der Waals surface area contributed by atoms with Gasteiger partial charge >= 0.3 is 0 Å². The van der Waals surface area contributed by atoms with E-state index in [1.165, 1.54) is 0 Å². The van der Waals surface area contributed by atoms with Crippen LogP contribution in [-0.2, 0) is 0 Å². The number of Topliss-reactive ketones (excluding diaryl/α,β-unsaturated/α-hetero) is 1. The van der Waals surface area contributed by atoms with Gasteiger partial charge in [0.2, 0.25) is 5.78 Å². The summed E-state index contributed by atoms with van der Waals surface area (Å²) in [5.74, 6) is 0.220. The van der Waals surface area contributed by atoms with Crippen LogP contribution in [0.5, 0.6) is 0 Å². The number of carbonyl (C=O) groups is 1. The van der Waals surface area contributed by atoms with Crippen molar-refractivity contribution in [1.29, 1.82) is 0 Å². The lowest BCUT2D eigenvalue weighted by molar-refractivity contribution is 0.0924. The quantitative estimate of drug-likeness (QED) is 0.815. The molecule has 1 heterocycles. The number of hydrogen-bond acceptors (Lipinski definition) is 3. The summed E-state index contributed by atoms with van der Waals surface area (Å²) in [6.45, 7) is 0. The van der Waals surface area contributed by atoms with Crippen molar-refractivity contribution in [1.82, 2.24) is 0 Å². The van der Waals surface area contributed by atoms with E-state index < -0.39 is 5.54 Å². The topological polar surface area (TPSA) is 56.2 Å². The molecule has 2 N–H and O–H groups in total. The molecule has 1 aromatic heterocycles. The summed E-state index contributed by atoms with van der Waals surface area (Å²) in [6.07, 6.45) is 1.48. The van der Waals surface area contributed by atoms with Gasteiger partial charge in [0.15, 0.2) is 5.76 Å². The number of halogens is 1. The lowest BCUT2D eigenvalue weighted by Gasteiger charge is -2.02. The van der Waals surface area contributed by atoms with Crippen LogP contribution in [0.25, 0.3) is 11.0 Å². The Morgan fingerprint density at radius 2 is 2.12 bits per heavy atom. The highest BCUT2D eigenvalue weighted by molar-refractivity contribution is 6.31. The van der Waals surface area contributed by atoms with Gasteiger partial charge < -0.3 is 10.2 Å². The average Bonchev–Trinajstić information content (AvgIpc) is 2.87. The van der Waals surface area contributed by atoms with Gasteiger partial charge in [-0.1, -0.05) is 11.6 Å². The summed E-state index contributed by atoms with van der Waals surface area (Å²) in [5.41, 5.74) is 5.82. The number of furan rings is 1. The molecule has 0 amide bonds. The van der Waals surface area contributed by atoms with Gasteiger partial charge in [0.25, 0.3) is 0 Å². The Morgan fingerprint density at radius 3 is 2.81 bits per heavy atom. The van der Waals surface area contributed by atoms with E-state index >= 15 is 0 Å². The maximum atomic E-state index is 11.9. The van der Waals surface area contributed by atoms with Crippen LogP contribution < -0.4 is 5.73 Å². The minimum absolute atomic E-state index is 0.111. The summed E-state index contributed by atoms with van der Waals surface area (Å²) < 4.78 is 5.46. The van der Waals surface area contributed by atoms with E-state index in [0.29, 0.717) is 16.4 Å². The third-order valence-electron chi connectivity index (χ3n) is 2.94. The minimum atomic E-state index is -0.683. The molecular weight excluding hydrogens is 226 g/mol. The predicted molar refractivity (Wildman–Crippen MR) is 61.7 cm³/mol. The molecule has 1 saturated carbocycles. The summed E-state index contributed by atoms with van der Waals surface area (Å²) in [7, 11) is 0. The highest BCUT2D eigenvalue weighted by Gasteiger charge is 2.47. The Kier molecular flexibility index (Phi) is 1.91. The third-order valence-corrected chi connectivity index (χ3v) is 3.18. The molecule has 2 aromatic rings. The molecule has 0 aliphatic heterocycles. The number of hydrogen-bond donors (Lipinski definition) is 1. The van der Waals surface area contributed by atoms with Crippen LogP contribution in [-0.4, -0.2) is 11.3 Å². The van der Waals surface area contributed by atoms with Crippen LogP contribution in [0.2, 0.25) is 5.02 Å². The van der Waals surface area contributed by atoms with E-state index in [4.69, 9.17) is 21.8 Å². The highest BCUT2D eigenvalue weighted by atomic mass is 35.5. The first-order valence-electron chi connectivity index (χ1n) is 5.11. The Balaban J connectivity index is 2.08.